The molecular weight excluding hydrogens is 304 g/mol. The Hall–Kier alpha value is -0.690. The van der Waals surface area contributed by atoms with Crippen LogP contribution in [0, 0.1) is 6.92 Å². The van der Waals surface area contributed by atoms with Crippen LogP contribution in [0.15, 0.2) is 23.6 Å². The van der Waals surface area contributed by atoms with E-state index in [9.17, 15) is 8.42 Å². The van der Waals surface area contributed by atoms with Gasteiger partial charge in [0.25, 0.3) is 0 Å². The number of aryl methyl sites for hydroxylation is 1. The fraction of sp³-hybridized carbons (Fsp3) is 0.600. The average Bonchev–Trinajstić information content (AvgIpc) is 2.78. The summed E-state index contributed by atoms with van der Waals surface area (Å²) >= 11 is 1.54. The summed E-state index contributed by atoms with van der Waals surface area (Å²) in [4.78, 5) is 2.35. The lowest BCUT2D eigenvalue weighted by molar-refractivity contribution is 0.462. The Morgan fingerprint density at radius 2 is 2.14 bits per heavy atom. The van der Waals surface area contributed by atoms with Gasteiger partial charge in [-0.05, 0) is 25.8 Å². The van der Waals surface area contributed by atoms with Crippen molar-refractivity contribution >= 4 is 21.4 Å². The summed E-state index contributed by atoms with van der Waals surface area (Å²) in [5.41, 5.74) is 0. The molecule has 1 aromatic rings. The van der Waals surface area contributed by atoms with Crippen LogP contribution in [-0.4, -0.2) is 32.4 Å². The Morgan fingerprint density at radius 1 is 1.48 bits per heavy atom. The van der Waals surface area contributed by atoms with Crippen LogP contribution in [0.25, 0.3) is 0 Å². The summed E-state index contributed by atoms with van der Waals surface area (Å²) in [6.45, 7) is 10.9. The maximum absolute atomic E-state index is 12.6. The minimum atomic E-state index is -3.39. The van der Waals surface area contributed by atoms with Gasteiger partial charge in [0.15, 0.2) is 0 Å². The second kappa shape index (κ2) is 8.08. The van der Waals surface area contributed by atoms with Crippen molar-refractivity contribution in [1.82, 2.24) is 9.62 Å². The van der Waals surface area contributed by atoms with Crippen LogP contribution in [-0.2, 0) is 16.6 Å². The van der Waals surface area contributed by atoms with Crippen molar-refractivity contribution < 1.29 is 8.42 Å². The fourth-order valence-electron chi connectivity index (χ4n) is 1.92. The summed E-state index contributed by atoms with van der Waals surface area (Å²) < 4.78 is 26.6. The van der Waals surface area contributed by atoms with E-state index in [0.29, 0.717) is 24.0 Å². The fourth-order valence-corrected chi connectivity index (χ4v) is 4.68. The van der Waals surface area contributed by atoms with E-state index in [1.54, 1.807) is 24.5 Å². The zero-order valence-corrected chi connectivity index (χ0v) is 15.0. The van der Waals surface area contributed by atoms with Gasteiger partial charge >= 0.3 is 0 Å². The molecule has 4 nitrogen and oxygen atoms in total. The molecule has 0 fully saturated rings. The molecule has 1 aromatic heterocycles. The molecule has 0 saturated heterocycles. The van der Waals surface area contributed by atoms with Crippen LogP contribution in [0.1, 0.15) is 36.4 Å². The SMILES string of the molecule is C=CCCCN(C)S(=O)(=O)c1cc(CNC(C)C)sc1C. The van der Waals surface area contributed by atoms with Crippen LogP contribution in [0.4, 0.5) is 0 Å². The molecule has 1 rings (SSSR count). The Morgan fingerprint density at radius 3 is 2.71 bits per heavy atom. The van der Waals surface area contributed by atoms with Gasteiger partial charge in [0.1, 0.15) is 0 Å². The van der Waals surface area contributed by atoms with E-state index >= 15 is 0 Å². The first-order valence-electron chi connectivity index (χ1n) is 7.19. The highest BCUT2D eigenvalue weighted by Crippen LogP contribution is 2.28. The molecule has 0 saturated carbocycles. The summed E-state index contributed by atoms with van der Waals surface area (Å²) in [6.07, 6.45) is 3.43. The normalized spacial score (nSPS) is 12.3. The summed E-state index contributed by atoms with van der Waals surface area (Å²) in [6, 6.07) is 2.18. The highest BCUT2D eigenvalue weighted by atomic mass is 32.2. The molecule has 6 heteroatoms. The van der Waals surface area contributed by atoms with Gasteiger partial charge in [-0.2, -0.15) is 0 Å². The van der Waals surface area contributed by atoms with Crippen molar-refractivity contribution in [2.75, 3.05) is 13.6 Å². The Kier molecular flexibility index (Phi) is 7.06. The first-order valence-corrected chi connectivity index (χ1v) is 9.44. The van der Waals surface area contributed by atoms with Gasteiger partial charge in [-0.25, -0.2) is 12.7 Å². The number of thiophene rings is 1. The molecule has 0 spiro atoms. The zero-order chi connectivity index (χ0) is 16.0. The predicted octanol–water partition coefficient (Wildman–Crippen LogP) is 3.14. The number of nitrogens with zero attached hydrogens (tertiary/aromatic N) is 1. The lowest BCUT2D eigenvalue weighted by Crippen LogP contribution is -2.28. The third-order valence-corrected chi connectivity index (χ3v) is 6.34. The lowest BCUT2D eigenvalue weighted by Gasteiger charge is -2.16. The molecule has 0 aliphatic heterocycles. The maximum atomic E-state index is 12.6. The summed E-state index contributed by atoms with van der Waals surface area (Å²) in [7, 11) is -1.75. The second-order valence-corrected chi connectivity index (χ2v) is 8.78. The van der Waals surface area contributed by atoms with Crippen molar-refractivity contribution in [3.8, 4) is 0 Å². The van der Waals surface area contributed by atoms with E-state index in [2.05, 4.69) is 25.7 Å². The van der Waals surface area contributed by atoms with Gasteiger partial charge in [-0.1, -0.05) is 19.9 Å². The first-order chi connectivity index (χ1) is 9.78. The number of nitrogens with one attached hydrogen (secondary N) is 1. The number of hydrogen-bond donors (Lipinski definition) is 1. The summed E-state index contributed by atoms with van der Waals surface area (Å²) in [5.74, 6) is 0. The lowest BCUT2D eigenvalue weighted by atomic mass is 10.3. The van der Waals surface area contributed by atoms with Gasteiger partial charge in [0.2, 0.25) is 10.0 Å². The van der Waals surface area contributed by atoms with Crippen LogP contribution in [0.3, 0.4) is 0 Å². The Labute approximate surface area is 132 Å². The average molecular weight is 331 g/mol. The van der Waals surface area contributed by atoms with E-state index in [-0.39, 0.29) is 0 Å². The molecule has 0 unspecified atom stereocenters. The molecule has 1 heterocycles. The first kappa shape index (κ1) is 18.4. The number of rotatable bonds is 9. The minimum Gasteiger partial charge on any atom is -0.310 e. The number of hydrogen-bond acceptors (Lipinski definition) is 4. The van der Waals surface area contributed by atoms with E-state index in [0.717, 1.165) is 22.6 Å². The van der Waals surface area contributed by atoms with Crippen LogP contribution >= 0.6 is 11.3 Å². The quantitative estimate of drug-likeness (QED) is 0.559. The molecular formula is C15H26N2O2S2. The maximum Gasteiger partial charge on any atom is 0.243 e. The Bertz CT molecular complexity index is 562. The van der Waals surface area contributed by atoms with Gasteiger partial charge < -0.3 is 5.32 Å². The van der Waals surface area contributed by atoms with E-state index in [1.807, 2.05) is 13.0 Å². The van der Waals surface area contributed by atoms with Gasteiger partial charge in [0.05, 0.1) is 4.90 Å². The zero-order valence-electron chi connectivity index (χ0n) is 13.3. The topological polar surface area (TPSA) is 49.4 Å². The van der Waals surface area contributed by atoms with Crippen LogP contribution < -0.4 is 5.32 Å². The van der Waals surface area contributed by atoms with Crippen LogP contribution in [0.5, 0.6) is 0 Å². The predicted molar refractivity (Wildman–Crippen MR) is 90.3 cm³/mol. The van der Waals surface area contributed by atoms with E-state index < -0.39 is 10.0 Å². The van der Waals surface area contributed by atoms with Crippen molar-refractivity contribution in [3.63, 3.8) is 0 Å². The third-order valence-electron chi connectivity index (χ3n) is 3.18. The molecule has 0 aliphatic rings. The molecule has 0 bridgehead atoms. The molecule has 21 heavy (non-hydrogen) atoms. The number of sulfonamides is 1. The monoisotopic (exact) mass is 330 g/mol. The smallest absolute Gasteiger partial charge is 0.243 e. The van der Waals surface area contributed by atoms with Crippen molar-refractivity contribution in [3.05, 3.63) is 28.5 Å². The molecule has 0 radical (unpaired) electrons. The number of allylic oxidation sites excluding steroid dienone is 1. The highest BCUT2D eigenvalue weighted by Gasteiger charge is 2.24. The molecule has 0 amide bonds. The molecule has 1 N–H and O–H groups in total. The van der Waals surface area contributed by atoms with Gasteiger partial charge in [-0.3, -0.25) is 0 Å². The van der Waals surface area contributed by atoms with Crippen molar-refractivity contribution in [2.24, 2.45) is 0 Å². The number of unbranched alkanes of at least 4 members (excludes halogenated alkanes) is 1. The second-order valence-electron chi connectivity index (χ2n) is 5.43. The molecule has 0 atom stereocenters. The Balaban J connectivity index is 2.85. The minimum absolute atomic E-state index is 0.383. The van der Waals surface area contributed by atoms with E-state index in [4.69, 9.17) is 0 Å². The standard InChI is InChI=1S/C15H26N2O2S2/c1-6-7-8-9-17(5)21(18,19)15-10-14(20-13(15)4)11-16-12(2)3/h6,10,12,16H,1,7-9,11H2,2-5H3. The molecule has 0 aromatic carbocycles. The van der Waals surface area contributed by atoms with Crippen molar-refractivity contribution in [2.45, 2.75) is 51.1 Å². The largest absolute Gasteiger partial charge is 0.310 e. The summed E-state index contributed by atoms with van der Waals surface area (Å²) in [5, 5.41) is 3.32. The highest BCUT2D eigenvalue weighted by molar-refractivity contribution is 7.89. The van der Waals surface area contributed by atoms with Crippen LogP contribution in [0.2, 0.25) is 0 Å². The van der Waals surface area contributed by atoms with Gasteiger partial charge in [0, 0.05) is 35.9 Å². The molecule has 120 valence electrons. The molecule has 0 aliphatic carbocycles. The van der Waals surface area contributed by atoms with Crippen molar-refractivity contribution in [1.29, 1.82) is 0 Å². The third kappa shape index (κ3) is 5.21. The van der Waals surface area contributed by atoms with Gasteiger partial charge in [-0.15, -0.1) is 17.9 Å². The van der Waals surface area contributed by atoms with E-state index in [1.165, 1.54) is 4.31 Å².